The van der Waals surface area contributed by atoms with Gasteiger partial charge >= 0.3 is 0 Å². The monoisotopic (exact) mass is 449 g/mol. The van der Waals surface area contributed by atoms with Crippen molar-refractivity contribution in [3.63, 3.8) is 0 Å². The van der Waals surface area contributed by atoms with E-state index in [2.05, 4.69) is 0 Å². The van der Waals surface area contributed by atoms with Crippen LogP contribution in [0.5, 0.6) is 5.75 Å². The summed E-state index contributed by atoms with van der Waals surface area (Å²) in [5.41, 5.74) is 0. The summed E-state index contributed by atoms with van der Waals surface area (Å²) in [4.78, 5) is 0.126. The van der Waals surface area contributed by atoms with Crippen molar-refractivity contribution in [2.45, 2.75) is 21.5 Å². The maximum absolute atomic E-state index is 12.9. The van der Waals surface area contributed by atoms with Crippen molar-refractivity contribution in [1.82, 2.24) is 4.31 Å². The first-order valence-electron chi connectivity index (χ1n) is 7.99. The Bertz CT molecular complexity index is 1050. The first kappa shape index (κ1) is 20.4. The van der Waals surface area contributed by atoms with Crippen LogP contribution < -0.4 is 4.74 Å². The van der Waals surface area contributed by atoms with E-state index in [1.54, 1.807) is 0 Å². The van der Waals surface area contributed by atoms with Crippen molar-refractivity contribution < 1.29 is 21.6 Å². The number of ether oxygens (including phenoxy) is 1. The third kappa shape index (κ3) is 3.95. The van der Waals surface area contributed by atoms with Gasteiger partial charge in [0.15, 0.2) is 9.84 Å². The zero-order chi connectivity index (χ0) is 19.8. The van der Waals surface area contributed by atoms with Crippen LogP contribution in [-0.2, 0) is 19.9 Å². The maximum atomic E-state index is 12.9. The van der Waals surface area contributed by atoms with E-state index < -0.39 is 25.1 Å². The number of halogens is 2. The van der Waals surface area contributed by atoms with E-state index in [0.717, 1.165) is 0 Å². The van der Waals surface area contributed by atoms with E-state index >= 15 is 0 Å². The Balaban J connectivity index is 1.84. The smallest absolute Gasteiger partial charge is 0.243 e. The first-order chi connectivity index (χ1) is 12.7. The normalized spacial score (nSPS) is 18.6. The second-order valence-electron chi connectivity index (χ2n) is 6.07. The molecule has 2 aromatic carbocycles. The molecule has 0 saturated carbocycles. The molecule has 1 aliphatic heterocycles. The number of hydrogen-bond donors (Lipinski definition) is 0. The van der Waals surface area contributed by atoms with Crippen molar-refractivity contribution in [3.05, 3.63) is 52.5 Å². The van der Waals surface area contributed by atoms with Gasteiger partial charge in [0.05, 0.1) is 27.2 Å². The van der Waals surface area contributed by atoms with Gasteiger partial charge in [-0.3, -0.25) is 0 Å². The van der Waals surface area contributed by atoms with E-state index in [1.165, 1.54) is 53.9 Å². The minimum Gasteiger partial charge on any atom is -0.495 e. The lowest BCUT2D eigenvalue weighted by Gasteiger charge is -2.17. The molecule has 1 atom stereocenters. The van der Waals surface area contributed by atoms with Gasteiger partial charge in [-0.25, -0.2) is 16.8 Å². The van der Waals surface area contributed by atoms with Crippen LogP contribution in [0.25, 0.3) is 0 Å². The summed E-state index contributed by atoms with van der Waals surface area (Å²) in [5, 5.41) is -0.216. The summed E-state index contributed by atoms with van der Waals surface area (Å²) in [7, 11) is -6.09. The highest BCUT2D eigenvalue weighted by atomic mass is 35.5. The maximum Gasteiger partial charge on any atom is 0.243 e. The van der Waals surface area contributed by atoms with Crippen LogP contribution in [0.3, 0.4) is 0 Å². The lowest BCUT2D eigenvalue weighted by atomic mass is 10.3. The van der Waals surface area contributed by atoms with Gasteiger partial charge in [-0.2, -0.15) is 4.31 Å². The second-order valence-corrected chi connectivity index (χ2v) is 11.1. The van der Waals surface area contributed by atoms with Gasteiger partial charge in [0.25, 0.3) is 0 Å². The van der Waals surface area contributed by atoms with Crippen LogP contribution in [0.2, 0.25) is 10.0 Å². The molecule has 0 radical (unpaired) electrons. The molecule has 1 aliphatic rings. The van der Waals surface area contributed by atoms with Crippen LogP contribution in [0, 0.1) is 0 Å². The van der Waals surface area contributed by atoms with Crippen LogP contribution in [0.1, 0.15) is 6.42 Å². The molecule has 6 nitrogen and oxygen atoms in total. The molecule has 0 aromatic heterocycles. The van der Waals surface area contributed by atoms with Crippen molar-refractivity contribution in [1.29, 1.82) is 0 Å². The molecular weight excluding hydrogens is 433 g/mol. The molecule has 1 saturated heterocycles. The highest BCUT2D eigenvalue weighted by Gasteiger charge is 2.39. The van der Waals surface area contributed by atoms with E-state index in [1.807, 2.05) is 0 Å². The van der Waals surface area contributed by atoms with Crippen molar-refractivity contribution >= 4 is 43.1 Å². The Morgan fingerprint density at radius 3 is 2.22 bits per heavy atom. The molecule has 0 amide bonds. The van der Waals surface area contributed by atoms with E-state index in [9.17, 15) is 16.8 Å². The predicted molar refractivity (Wildman–Crippen MR) is 104 cm³/mol. The second kappa shape index (κ2) is 7.60. The summed E-state index contributed by atoms with van der Waals surface area (Å²) in [6, 6.07) is 10.0. The highest BCUT2D eigenvalue weighted by molar-refractivity contribution is 7.92. The van der Waals surface area contributed by atoms with Crippen LogP contribution in [0.4, 0.5) is 0 Å². The summed E-state index contributed by atoms with van der Waals surface area (Å²) in [6.45, 7) is 0.000406. The molecule has 0 N–H and O–H groups in total. The summed E-state index contributed by atoms with van der Waals surface area (Å²) in [6.07, 6.45) is 0.216. The molecule has 10 heteroatoms. The van der Waals surface area contributed by atoms with Gasteiger partial charge in [0.1, 0.15) is 5.75 Å². The average Bonchev–Trinajstić information content (AvgIpc) is 3.14. The fourth-order valence-corrected chi connectivity index (χ4v) is 6.70. The molecule has 0 aliphatic carbocycles. The van der Waals surface area contributed by atoms with Crippen molar-refractivity contribution in [3.8, 4) is 5.75 Å². The number of nitrogens with zero attached hydrogens (tertiary/aromatic N) is 1. The Kier molecular flexibility index (Phi) is 5.74. The Morgan fingerprint density at radius 2 is 1.63 bits per heavy atom. The number of methoxy groups -OCH3 is 1. The number of sulfonamides is 1. The molecule has 27 heavy (non-hydrogen) atoms. The molecule has 2 aromatic rings. The van der Waals surface area contributed by atoms with Gasteiger partial charge in [-0.15, -0.1) is 0 Å². The van der Waals surface area contributed by atoms with Gasteiger partial charge in [-0.1, -0.05) is 23.2 Å². The first-order valence-corrected chi connectivity index (χ1v) is 11.7. The van der Waals surface area contributed by atoms with Gasteiger partial charge in [0.2, 0.25) is 10.0 Å². The topological polar surface area (TPSA) is 80.8 Å². The molecule has 1 heterocycles. The Labute approximate surface area is 168 Å². The van der Waals surface area contributed by atoms with Crippen molar-refractivity contribution in [2.75, 3.05) is 20.2 Å². The van der Waals surface area contributed by atoms with Gasteiger partial charge in [-0.05, 0) is 48.9 Å². The number of hydrogen-bond acceptors (Lipinski definition) is 5. The standard InChI is InChI=1S/C17H17Cl2NO5S2/c1-25-17-7-6-14(10-16(17)19)27(23,24)20-9-8-15(11-20)26(21,22)13-4-2-12(18)3-5-13/h2-7,10,15H,8-9,11H2,1H3. The van der Waals surface area contributed by atoms with Crippen LogP contribution in [-0.4, -0.2) is 46.6 Å². The lowest BCUT2D eigenvalue weighted by Crippen LogP contribution is -2.32. The molecule has 1 unspecified atom stereocenters. The Hall–Kier alpha value is -1.32. The SMILES string of the molecule is COc1ccc(S(=O)(=O)N2CCC(S(=O)(=O)c3ccc(Cl)cc3)C2)cc1Cl. The summed E-state index contributed by atoms with van der Waals surface area (Å²) < 4.78 is 57.5. The van der Waals surface area contributed by atoms with Gasteiger partial charge < -0.3 is 4.74 Å². The zero-order valence-corrected chi connectivity index (χ0v) is 17.4. The van der Waals surface area contributed by atoms with Crippen LogP contribution in [0.15, 0.2) is 52.3 Å². The summed E-state index contributed by atoms with van der Waals surface area (Å²) in [5.74, 6) is 0.361. The molecule has 1 fully saturated rings. The fraction of sp³-hybridized carbons (Fsp3) is 0.294. The number of rotatable bonds is 5. The molecule has 0 spiro atoms. The highest BCUT2D eigenvalue weighted by Crippen LogP contribution is 2.32. The lowest BCUT2D eigenvalue weighted by molar-refractivity contribution is 0.414. The predicted octanol–water partition coefficient (Wildman–Crippen LogP) is 3.24. The molecular formula is C17H17Cl2NO5S2. The van der Waals surface area contributed by atoms with E-state index in [-0.39, 0.29) is 34.3 Å². The Morgan fingerprint density at radius 1 is 1.00 bits per heavy atom. The van der Waals surface area contributed by atoms with Crippen LogP contribution >= 0.6 is 23.2 Å². The zero-order valence-electron chi connectivity index (χ0n) is 14.3. The number of sulfone groups is 1. The minimum absolute atomic E-state index is 0.00200. The third-order valence-corrected chi connectivity index (χ3v) is 9.05. The molecule has 146 valence electrons. The largest absolute Gasteiger partial charge is 0.495 e. The minimum atomic E-state index is -3.86. The fourth-order valence-electron chi connectivity index (χ4n) is 2.94. The van der Waals surface area contributed by atoms with Gasteiger partial charge in [0, 0.05) is 18.1 Å². The number of benzene rings is 2. The molecule has 3 rings (SSSR count). The summed E-state index contributed by atoms with van der Waals surface area (Å²) >= 11 is 11.8. The van der Waals surface area contributed by atoms with E-state index in [4.69, 9.17) is 27.9 Å². The van der Waals surface area contributed by atoms with E-state index in [0.29, 0.717) is 10.8 Å². The molecule has 0 bridgehead atoms. The van der Waals surface area contributed by atoms with Crippen molar-refractivity contribution in [2.24, 2.45) is 0 Å². The quantitative estimate of drug-likeness (QED) is 0.699. The average molecular weight is 450 g/mol. The third-order valence-electron chi connectivity index (χ3n) is 4.45.